The van der Waals surface area contributed by atoms with Crippen molar-refractivity contribution >= 4 is 23.4 Å². The predicted molar refractivity (Wildman–Crippen MR) is 92.4 cm³/mol. The van der Waals surface area contributed by atoms with Crippen molar-refractivity contribution in [3.05, 3.63) is 48.4 Å². The Hall–Kier alpha value is -3.29. The molecular weight excluding hydrogens is 338 g/mol. The lowest BCUT2D eigenvalue weighted by Gasteiger charge is -2.20. The van der Waals surface area contributed by atoms with Gasteiger partial charge in [-0.3, -0.25) is 25.2 Å². The standard InChI is InChI=1S/C18H19N3O5/c1-2-25-14-7-4-3-6-13(14)21-11-12(10-16(21)22)17(23)19-20-18(24)15-8-5-9-26-15/h3-9,12H,2,10-11H2,1H3,(H,19,23)(H,20,24)/t12-/m0/s1. The van der Waals surface area contributed by atoms with Crippen LogP contribution in [0, 0.1) is 5.92 Å². The maximum absolute atomic E-state index is 12.4. The van der Waals surface area contributed by atoms with Crippen molar-refractivity contribution in [1.82, 2.24) is 10.9 Å². The van der Waals surface area contributed by atoms with Gasteiger partial charge in [0.15, 0.2) is 5.76 Å². The van der Waals surface area contributed by atoms with Crippen molar-refractivity contribution in [1.29, 1.82) is 0 Å². The molecule has 1 atom stereocenters. The largest absolute Gasteiger partial charge is 0.492 e. The van der Waals surface area contributed by atoms with Crippen LogP contribution in [0.5, 0.6) is 5.75 Å². The van der Waals surface area contributed by atoms with Crippen LogP contribution in [0.2, 0.25) is 0 Å². The van der Waals surface area contributed by atoms with Crippen molar-refractivity contribution in [2.24, 2.45) is 5.92 Å². The van der Waals surface area contributed by atoms with Crippen LogP contribution in [-0.2, 0) is 9.59 Å². The molecule has 1 aromatic carbocycles. The number of hydrogen-bond acceptors (Lipinski definition) is 5. The molecule has 136 valence electrons. The van der Waals surface area contributed by atoms with Gasteiger partial charge in [0.05, 0.1) is 24.5 Å². The fourth-order valence-electron chi connectivity index (χ4n) is 2.76. The van der Waals surface area contributed by atoms with Gasteiger partial charge in [-0.1, -0.05) is 12.1 Å². The number of nitrogens with zero attached hydrogens (tertiary/aromatic N) is 1. The van der Waals surface area contributed by atoms with E-state index in [0.29, 0.717) is 18.0 Å². The maximum atomic E-state index is 12.4. The van der Waals surface area contributed by atoms with Gasteiger partial charge in [0.1, 0.15) is 5.75 Å². The molecule has 1 aliphatic heterocycles. The zero-order chi connectivity index (χ0) is 18.5. The normalized spacial score (nSPS) is 16.4. The molecule has 2 heterocycles. The summed E-state index contributed by atoms with van der Waals surface area (Å²) in [5.74, 6) is -1.07. The van der Waals surface area contributed by atoms with Gasteiger partial charge in [-0.2, -0.15) is 0 Å². The first-order chi connectivity index (χ1) is 12.6. The summed E-state index contributed by atoms with van der Waals surface area (Å²) in [6.07, 6.45) is 1.42. The van der Waals surface area contributed by atoms with E-state index in [4.69, 9.17) is 9.15 Å². The lowest BCUT2D eigenvalue weighted by atomic mass is 10.1. The summed E-state index contributed by atoms with van der Waals surface area (Å²) < 4.78 is 10.5. The van der Waals surface area contributed by atoms with E-state index >= 15 is 0 Å². The monoisotopic (exact) mass is 357 g/mol. The van der Waals surface area contributed by atoms with Crippen LogP contribution in [0.3, 0.4) is 0 Å². The van der Waals surface area contributed by atoms with Crippen molar-refractivity contribution in [3.8, 4) is 5.75 Å². The molecule has 1 aliphatic rings. The SMILES string of the molecule is CCOc1ccccc1N1C[C@@H](C(=O)NNC(=O)c2ccco2)CC1=O. The number of hydrazine groups is 1. The topological polar surface area (TPSA) is 101 Å². The molecule has 2 aromatic rings. The summed E-state index contributed by atoms with van der Waals surface area (Å²) in [6, 6.07) is 10.2. The summed E-state index contributed by atoms with van der Waals surface area (Å²) in [7, 11) is 0. The molecule has 0 spiro atoms. The van der Waals surface area contributed by atoms with Gasteiger partial charge in [0.2, 0.25) is 11.8 Å². The van der Waals surface area contributed by atoms with E-state index in [1.165, 1.54) is 17.2 Å². The van der Waals surface area contributed by atoms with Crippen molar-refractivity contribution in [2.75, 3.05) is 18.1 Å². The zero-order valence-corrected chi connectivity index (χ0v) is 14.2. The van der Waals surface area contributed by atoms with Crippen LogP contribution in [0.4, 0.5) is 5.69 Å². The highest BCUT2D eigenvalue weighted by Gasteiger charge is 2.36. The molecule has 1 saturated heterocycles. The van der Waals surface area contributed by atoms with Crippen LogP contribution < -0.4 is 20.5 Å². The van der Waals surface area contributed by atoms with Crippen molar-refractivity contribution in [2.45, 2.75) is 13.3 Å². The van der Waals surface area contributed by atoms with E-state index in [1.807, 2.05) is 19.1 Å². The summed E-state index contributed by atoms with van der Waals surface area (Å²) in [5.41, 5.74) is 5.25. The average Bonchev–Trinajstić information content (AvgIpc) is 3.30. The zero-order valence-electron chi connectivity index (χ0n) is 14.2. The van der Waals surface area contributed by atoms with Crippen molar-refractivity contribution in [3.63, 3.8) is 0 Å². The maximum Gasteiger partial charge on any atom is 0.305 e. The molecule has 0 saturated carbocycles. The number of furan rings is 1. The first-order valence-corrected chi connectivity index (χ1v) is 8.26. The molecule has 3 amide bonds. The number of rotatable bonds is 5. The van der Waals surface area contributed by atoms with Gasteiger partial charge >= 0.3 is 5.91 Å². The molecule has 0 unspecified atom stereocenters. The third-order valence-electron chi connectivity index (χ3n) is 4.00. The fraction of sp³-hybridized carbons (Fsp3) is 0.278. The Kier molecular flexibility index (Phi) is 5.21. The number of nitrogens with one attached hydrogen (secondary N) is 2. The molecule has 2 N–H and O–H groups in total. The molecule has 0 radical (unpaired) electrons. The predicted octanol–water partition coefficient (Wildman–Crippen LogP) is 1.49. The van der Waals surface area contributed by atoms with Gasteiger partial charge in [0, 0.05) is 13.0 Å². The fourth-order valence-corrected chi connectivity index (χ4v) is 2.76. The minimum absolute atomic E-state index is 0.0584. The van der Waals surface area contributed by atoms with Crippen molar-refractivity contribution < 1.29 is 23.5 Å². The second-order valence-electron chi connectivity index (χ2n) is 5.73. The first kappa shape index (κ1) is 17.5. The number of hydrogen-bond donors (Lipinski definition) is 2. The number of anilines is 1. The molecule has 0 bridgehead atoms. The molecule has 8 heteroatoms. The summed E-state index contributed by atoms with van der Waals surface area (Å²) >= 11 is 0. The number of benzene rings is 1. The van der Waals surface area contributed by atoms with Gasteiger partial charge in [0.25, 0.3) is 0 Å². The van der Waals surface area contributed by atoms with E-state index < -0.39 is 17.7 Å². The molecule has 3 rings (SSSR count). The molecule has 1 fully saturated rings. The Bertz CT molecular complexity index is 803. The third kappa shape index (κ3) is 3.69. The molecule has 1 aromatic heterocycles. The number of amides is 3. The Labute approximate surface area is 150 Å². The van der Waals surface area contributed by atoms with Crippen LogP contribution in [0.1, 0.15) is 23.9 Å². The number of carbonyl (C=O) groups excluding carboxylic acids is 3. The van der Waals surface area contributed by atoms with Gasteiger partial charge in [-0.05, 0) is 31.2 Å². The van der Waals surface area contributed by atoms with E-state index in [-0.39, 0.29) is 24.6 Å². The van der Waals surface area contributed by atoms with E-state index in [1.54, 1.807) is 18.2 Å². The minimum Gasteiger partial charge on any atom is -0.492 e. The third-order valence-corrected chi connectivity index (χ3v) is 4.00. The van der Waals surface area contributed by atoms with Crippen LogP contribution >= 0.6 is 0 Å². The van der Waals surface area contributed by atoms with E-state index in [2.05, 4.69) is 10.9 Å². The van der Waals surface area contributed by atoms with Crippen LogP contribution in [0.25, 0.3) is 0 Å². The van der Waals surface area contributed by atoms with Gasteiger partial charge < -0.3 is 14.1 Å². The average molecular weight is 357 g/mol. The van der Waals surface area contributed by atoms with Crippen LogP contribution in [0.15, 0.2) is 47.1 Å². The lowest BCUT2D eigenvalue weighted by molar-refractivity contribution is -0.126. The molecule has 26 heavy (non-hydrogen) atoms. The summed E-state index contributed by atoms with van der Waals surface area (Å²) in [5, 5.41) is 0. The second-order valence-corrected chi connectivity index (χ2v) is 5.73. The molecule has 8 nitrogen and oxygen atoms in total. The first-order valence-electron chi connectivity index (χ1n) is 8.26. The van der Waals surface area contributed by atoms with Gasteiger partial charge in [-0.25, -0.2) is 0 Å². The smallest absolute Gasteiger partial charge is 0.305 e. The second kappa shape index (κ2) is 7.73. The highest BCUT2D eigenvalue weighted by Crippen LogP contribution is 2.33. The quantitative estimate of drug-likeness (QED) is 0.790. The Morgan fingerprint density at radius 2 is 2.04 bits per heavy atom. The Morgan fingerprint density at radius 1 is 1.23 bits per heavy atom. The lowest BCUT2D eigenvalue weighted by Crippen LogP contribution is -2.45. The summed E-state index contributed by atoms with van der Waals surface area (Å²) in [4.78, 5) is 38.0. The number of ether oxygens (including phenoxy) is 1. The number of para-hydroxylation sites is 2. The van der Waals surface area contributed by atoms with Crippen LogP contribution in [-0.4, -0.2) is 30.9 Å². The number of carbonyl (C=O) groups is 3. The van der Waals surface area contributed by atoms with Gasteiger partial charge in [-0.15, -0.1) is 0 Å². The summed E-state index contributed by atoms with van der Waals surface area (Å²) in [6.45, 7) is 2.55. The van der Waals surface area contributed by atoms with E-state index in [0.717, 1.165) is 0 Å². The molecule has 0 aliphatic carbocycles. The van der Waals surface area contributed by atoms with E-state index in [9.17, 15) is 14.4 Å². The Morgan fingerprint density at radius 3 is 2.77 bits per heavy atom. The molecular formula is C18H19N3O5. The highest BCUT2D eigenvalue weighted by atomic mass is 16.5. The minimum atomic E-state index is -0.575. The Balaban J connectivity index is 1.62. The highest BCUT2D eigenvalue weighted by molar-refractivity contribution is 6.01.